The van der Waals surface area contributed by atoms with Crippen LogP contribution in [0.3, 0.4) is 0 Å². The molecular weight excluding hydrogens is 249 g/mol. The largest absolute Gasteiger partial charge is 0.416 e. The number of alkyl halides is 3. The van der Waals surface area contributed by atoms with Crippen molar-refractivity contribution in [2.75, 3.05) is 5.75 Å². The third kappa shape index (κ3) is 5.08. The molecule has 92 valence electrons. The molecule has 0 radical (unpaired) electrons. The SMILES string of the molecule is CC(=O)SCC=Cc1ccc(C(F)(F)F)cc1. The van der Waals surface area contributed by atoms with E-state index in [4.69, 9.17) is 0 Å². The fraction of sp³-hybridized carbons (Fsp3) is 0.250. The average Bonchev–Trinajstić information content (AvgIpc) is 2.23. The molecule has 0 unspecified atom stereocenters. The normalized spacial score (nSPS) is 12.0. The Morgan fingerprint density at radius 1 is 1.29 bits per heavy atom. The summed E-state index contributed by atoms with van der Waals surface area (Å²) >= 11 is 1.15. The van der Waals surface area contributed by atoms with Crippen molar-refractivity contribution in [1.29, 1.82) is 0 Å². The van der Waals surface area contributed by atoms with Crippen molar-refractivity contribution in [3.63, 3.8) is 0 Å². The van der Waals surface area contributed by atoms with Gasteiger partial charge in [-0.15, -0.1) is 0 Å². The third-order valence-corrected chi connectivity index (χ3v) is 2.70. The molecule has 0 aliphatic carbocycles. The van der Waals surface area contributed by atoms with Gasteiger partial charge in [-0.25, -0.2) is 0 Å². The molecule has 0 bridgehead atoms. The molecule has 1 aromatic carbocycles. The molecule has 1 aromatic rings. The van der Waals surface area contributed by atoms with Crippen molar-refractivity contribution in [2.24, 2.45) is 0 Å². The van der Waals surface area contributed by atoms with Crippen molar-refractivity contribution < 1.29 is 18.0 Å². The Morgan fingerprint density at radius 3 is 2.35 bits per heavy atom. The van der Waals surface area contributed by atoms with Crippen LogP contribution in [-0.4, -0.2) is 10.9 Å². The van der Waals surface area contributed by atoms with E-state index in [-0.39, 0.29) is 5.12 Å². The monoisotopic (exact) mass is 260 g/mol. The lowest BCUT2D eigenvalue weighted by atomic mass is 10.1. The number of rotatable bonds is 3. The highest BCUT2D eigenvalue weighted by atomic mass is 32.2. The maximum absolute atomic E-state index is 12.3. The van der Waals surface area contributed by atoms with E-state index in [1.54, 1.807) is 12.2 Å². The maximum atomic E-state index is 12.3. The van der Waals surface area contributed by atoms with Gasteiger partial charge in [-0.2, -0.15) is 13.2 Å². The van der Waals surface area contributed by atoms with Gasteiger partial charge >= 0.3 is 6.18 Å². The molecule has 0 aromatic heterocycles. The van der Waals surface area contributed by atoms with E-state index in [1.165, 1.54) is 19.1 Å². The fourth-order valence-corrected chi connectivity index (χ4v) is 1.56. The van der Waals surface area contributed by atoms with Gasteiger partial charge in [-0.1, -0.05) is 36.0 Å². The van der Waals surface area contributed by atoms with Gasteiger partial charge in [-0.05, 0) is 17.7 Å². The second-order valence-electron chi connectivity index (χ2n) is 3.32. The van der Waals surface area contributed by atoms with E-state index in [0.29, 0.717) is 11.3 Å². The number of carbonyl (C=O) groups is 1. The molecule has 5 heteroatoms. The number of halogens is 3. The Kier molecular flexibility index (Phi) is 4.81. The zero-order chi connectivity index (χ0) is 12.9. The van der Waals surface area contributed by atoms with Crippen molar-refractivity contribution in [3.05, 3.63) is 41.5 Å². The smallest absolute Gasteiger partial charge is 0.288 e. The van der Waals surface area contributed by atoms with E-state index < -0.39 is 11.7 Å². The van der Waals surface area contributed by atoms with Crippen molar-refractivity contribution in [1.82, 2.24) is 0 Å². The molecule has 17 heavy (non-hydrogen) atoms. The van der Waals surface area contributed by atoms with Crippen LogP contribution in [0.1, 0.15) is 18.1 Å². The molecule has 0 spiro atoms. The first-order valence-electron chi connectivity index (χ1n) is 4.87. The first-order chi connectivity index (χ1) is 7.89. The summed E-state index contributed by atoms with van der Waals surface area (Å²) in [7, 11) is 0. The number of thioether (sulfide) groups is 1. The number of carbonyl (C=O) groups excluding carboxylic acids is 1. The first-order valence-corrected chi connectivity index (χ1v) is 5.85. The summed E-state index contributed by atoms with van der Waals surface area (Å²) in [4.78, 5) is 10.6. The second-order valence-corrected chi connectivity index (χ2v) is 4.52. The minimum atomic E-state index is -4.30. The Hall–Kier alpha value is -1.23. The lowest BCUT2D eigenvalue weighted by molar-refractivity contribution is -0.137. The Morgan fingerprint density at radius 2 is 1.88 bits per heavy atom. The van der Waals surface area contributed by atoms with E-state index >= 15 is 0 Å². The molecule has 0 heterocycles. The van der Waals surface area contributed by atoms with Gasteiger partial charge in [0.1, 0.15) is 0 Å². The summed E-state index contributed by atoms with van der Waals surface area (Å²) < 4.78 is 36.8. The quantitative estimate of drug-likeness (QED) is 0.817. The molecule has 0 atom stereocenters. The summed E-state index contributed by atoms with van der Waals surface area (Å²) in [6.45, 7) is 1.47. The van der Waals surface area contributed by atoms with Crippen molar-refractivity contribution in [2.45, 2.75) is 13.1 Å². The highest BCUT2D eigenvalue weighted by molar-refractivity contribution is 8.13. The number of hydrogen-bond donors (Lipinski definition) is 0. The Labute approximate surface area is 102 Å². The van der Waals surface area contributed by atoms with Gasteiger partial charge in [0.2, 0.25) is 0 Å². The Bertz CT molecular complexity index is 407. The van der Waals surface area contributed by atoms with E-state index in [1.807, 2.05) is 0 Å². The van der Waals surface area contributed by atoms with E-state index in [0.717, 1.165) is 23.9 Å². The summed E-state index contributed by atoms with van der Waals surface area (Å²) in [6, 6.07) is 4.88. The predicted molar refractivity (Wildman–Crippen MR) is 63.6 cm³/mol. The van der Waals surface area contributed by atoms with Crippen LogP contribution in [-0.2, 0) is 11.0 Å². The van der Waals surface area contributed by atoms with Crippen LogP contribution in [0.15, 0.2) is 30.3 Å². The zero-order valence-electron chi connectivity index (χ0n) is 9.12. The minimum Gasteiger partial charge on any atom is -0.288 e. The van der Waals surface area contributed by atoms with Gasteiger partial charge in [-0.3, -0.25) is 4.79 Å². The Balaban J connectivity index is 2.60. The molecule has 0 amide bonds. The summed E-state index contributed by atoms with van der Waals surface area (Å²) in [5.74, 6) is 0.524. The van der Waals surface area contributed by atoms with Crippen molar-refractivity contribution >= 4 is 23.0 Å². The molecule has 0 aliphatic rings. The van der Waals surface area contributed by atoms with Crippen LogP contribution >= 0.6 is 11.8 Å². The predicted octanol–water partition coefficient (Wildman–Crippen LogP) is 4.00. The van der Waals surface area contributed by atoms with Crippen LogP contribution in [0.5, 0.6) is 0 Å². The van der Waals surface area contributed by atoms with Crippen LogP contribution in [0.25, 0.3) is 6.08 Å². The topological polar surface area (TPSA) is 17.1 Å². The second kappa shape index (κ2) is 5.91. The van der Waals surface area contributed by atoms with Gasteiger partial charge in [0.15, 0.2) is 5.12 Å². The summed E-state index contributed by atoms with van der Waals surface area (Å²) in [5, 5.41) is 0.0158. The zero-order valence-corrected chi connectivity index (χ0v) is 9.94. The molecule has 1 nitrogen and oxygen atoms in total. The minimum absolute atomic E-state index is 0.0158. The van der Waals surface area contributed by atoms with Crippen LogP contribution < -0.4 is 0 Å². The summed E-state index contributed by atoms with van der Waals surface area (Å²) in [5.41, 5.74) is 0.0231. The third-order valence-electron chi connectivity index (χ3n) is 1.93. The molecular formula is C12H11F3OS. The number of benzene rings is 1. The summed E-state index contributed by atoms with van der Waals surface area (Å²) in [6.07, 6.45) is -0.864. The van der Waals surface area contributed by atoms with Gasteiger partial charge in [0, 0.05) is 12.7 Å². The van der Waals surface area contributed by atoms with Crippen LogP contribution in [0.2, 0.25) is 0 Å². The molecule has 0 fully saturated rings. The highest BCUT2D eigenvalue weighted by Crippen LogP contribution is 2.29. The van der Waals surface area contributed by atoms with Crippen molar-refractivity contribution in [3.8, 4) is 0 Å². The lowest BCUT2D eigenvalue weighted by Gasteiger charge is -2.05. The average molecular weight is 260 g/mol. The van der Waals surface area contributed by atoms with Gasteiger partial charge < -0.3 is 0 Å². The number of hydrogen-bond acceptors (Lipinski definition) is 2. The highest BCUT2D eigenvalue weighted by Gasteiger charge is 2.29. The molecule has 1 rings (SSSR count). The molecule has 0 saturated carbocycles. The van der Waals surface area contributed by atoms with E-state index in [2.05, 4.69) is 0 Å². The van der Waals surface area contributed by atoms with Crippen LogP contribution in [0, 0.1) is 0 Å². The molecule has 0 saturated heterocycles. The standard InChI is InChI=1S/C12H11F3OS/c1-9(16)17-8-2-3-10-4-6-11(7-5-10)12(13,14)15/h2-7H,8H2,1H3. The molecule has 0 aliphatic heterocycles. The van der Waals surface area contributed by atoms with Crippen LogP contribution in [0.4, 0.5) is 13.2 Å². The van der Waals surface area contributed by atoms with E-state index in [9.17, 15) is 18.0 Å². The van der Waals surface area contributed by atoms with Gasteiger partial charge in [0.25, 0.3) is 0 Å². The maximum Gasteiger partial charge on any atom is 0.416 e. The first kappa shape index (κ1) is 13.8. The van der Waals surface area contributed by atoms with Gasteiger partial charge in [0.05, 0.1) is 5.56 Å². The molecule has 0 N–H and O–H groups in total. The lowest BCUT2D eigenvalue weighted by Crippen LogP contribution is -2.03. The fourth-order valence-electron chi connectivity index (χ4n) is 1.13.